The van der Waals surface area contributed by atoms with Gasteiger partial charge in [0, 0.05) is 12.6 Å². The molecule has 0 radical (unpaired) electrons. The van der Waals surface area contributed by atoms with Crippen molar-refractivity contribution in [3.8, 4) is 5.75 Å². The van der Waals surface area contributed by atoms with Crippen LogP contribution in [0.2, 0.25) is 0 Å². The summed E-state index contributed by atoms with van der Waals surface area (Å²) < 4.78 is 0. The molecular weight excluding hydrogens is 216 g/mol. The Bertz CT molecular complexity index is 387. The zero-order chi connectivity index (χ0) is 12.1. The molecule has 1 heterocycles. The van der Waals surface area contributed by atoms with Gasteiger partial charge in [-0.15, -0.1) is 0 Å². The number of rotatable bonds is 3. The number of hydrogen-bond acceptors (Lipinski definition) is 3. The average Bonchev–Trinajstić information content (AvgIpc) is 2.33. The smallest absolute Gasteiger partial charge is 0.225 e. The van der Waals surface area contributed by atoms with Crippen LogP contribution in [0.1, 0.15) is 38.5 Å². The number of nitrogens with zero attached hydrogens (tertiary/aromatic N) is 1. The fourth-order valence-corrected chi connectivity index (χ4v) is 2.33. The van der Waals surface area contributed by atoms with E-state index in [9.17, 15) is 9.90 Å². The van der Waals surface area contributed by atoms with Crippen LogP contribution < -0.4 is 5.32 Å². The molecule has 1 aromatic rings. The van der Waals surface area contributed by atoms with Gasteiger partial charge in [-0.2, -0.15) is 0 Å². The van der Waals surface area contributed by atoms with E-state index in [0.717, 1.165) is 12.8 Å². The third-order valence-electron chi connectivity index (χ3n) is 3.24. The summed E-state index contributed by atoms with van der Waals surface area (Å²) in [5.74, 6) is 0.721. The second-order valence-corrected chi connectivity index (χ2v) is 4.63. The molecule has 0 unspecified atom stereocenters. The molecule has 92 valence electrons. The highest BCUT2D eigenvalue weighted by atomic mass is 16.3. The van der Waals surface area contributed by atoms with Gasteiger partial charge < -0.3 is 10.4 Å². The molecule has 1 fully saturated rings. The molecule has 1 saturated carbocycles. The van der Waals surface area contributed by atoms with Crippen LogP contribution in [-0.4, -0.2) is 16.0 Å². The van der Waals surface area contributed by atoms with Gasteiger partial charge in [0.2, 0.25) is 5.91 Å². The second kappa shape index (κ2) is 5.66. The van der Waals surface area contributed by atoms with E-state index in [4.69, 9.17) is 0 Å². The minimum absolute atomic E-state index is 0.0181. The Kier molecular flexibility index (Phi) is 3.96. The minimum Gasteiger partial charge on any atom is -0.504 e. The number of hydrogen-bond donors (Lipinski definition) is 2. The monoisotopic (exact) mass is 234 g/mol. The third kappa shape index (κ3) is 3.44. The van der Waals surface area contributed by atoms with E-state index in [1.54, 1.807) is 12.3 Å². The Balaban J connectivity index is 1.86. The Hall–Kier alpha value is -1.58. The fourth-order valence-electron chi connectivity index (χ4n) is 2.33. The highest BCUT2D eigenvalue weighted by molar-refractivity contribution is 5.91. The third-order valence-corrected chi connectivity index (χ3v) is 3.24. The van der Waals surface area contributed by atoms with E-state index in [-0.39, 0.29) is 17.5 Å². The van der Waals surface area contributed by atoms with Gasteiger partial charge in [-0.05, 0) is 30.9 Å². The van der Waals surface area contributed by atoms with Gasteiger partial charge in [0.25, 0.3) is 0 Å². The highest BCUT2D eigenvalue weighted by Crippen LogP contribution is 2.27. The van der Waals surface area contributed by atoms with Crippen molar-refractivity contribution in [1.82, 2.24) is 4.98 Å². The Morgan fingerprint density at radius 1 is 1.41 bits per heavy atom. The van der Waals surface area contributed by atoms with Gasteiger partial charge in [0.1, 0.15) is 0 Å². The summed E-state index contributed by atoms with van der Waals surface area (Å²) in [4.78, 5) is 15.7. The van der Waals surface area contributed by atoms with Crippen molar-refractivity contribution in [1.29, 1.82) is 0 Å². The lowest BCUT2D eigenvalue weighted by atomic mass is 9.87. The lowest BCUT2D eigenvalue weighted by Gasteiger charge is -2.20. The van der Waals surface area contributed by atoms with Crippen LogP contribution in [0, 0.1) is 5.92 Å². The average molecular weight is 234 g/mol. The van der Waals surface area contributed by atoms with Crippen molar-refractivity contribution in [2.24, 2.45) is 5.92 Å². The van der Waals surface area contributed by atoms with Crippen molar-refractivity contribution >= 4 is 11.7 Å². The number of carbonyl (C=O) groups excluding carboxylic acids is 1. The molecule has 2 rings (SSSR count). The molecular formula is C13H18N2O2. The Morgan fingerprint density at radius 3 is 2.88 bits per heavy atom. The number of aromatic hydroxyl groups is 1. The van der Waals surface area contributed by atoms with Gasteiger partial charge >= 0.3 is 0 Å². The van der Waals surface area contributed by atoms with Crippen molar-refractivity contribution in [2.45, 2.75) is 38.5 Å². The zero-order valence-corrected chi connectivity index (χ0v) is 9.85. The molecule has 17 heavy (non-hydrogen) atoms. The first kappa shape index (κ1) is 11.9. The van der Waals surface area contributed by atoms with E-state index < -0.39 is 0 Å². The van der Waals surface area contributed by atoms with E-state index >= 15 is 0 Å². The maximum Gasteiger partial charge on any atom is 0.225 e. The van der Waals surface area contributed by atoms with Crippen molar-refractivity contribution < 1.29 is 9.90 Å². The fraction of sp³-hybridized carbons (Fsp3) is 0.538. The maximum absolute atomic E-state index is 11.8. The molecule has 0 bridgehead atoms. The summed E-state index contributed by atoms with van der Waals surface area (Å²) in [6.07, 6.45) is 8.12. The Morgan fingerprint density at radius 2 is 2.18 bits per heavy atom. The molecule has 4 heteroatoms. The number of amides is 1. The summed E-state index contributed by atoms with van der Waals surface area (Å²) in [7, 11) is 0. The van der Waals surface area contributed by atoms with Gasteiger partial charge in [0.05, 0.1) is 0 Å². The molecule has 4 nitrogen and oxygen atoms in total. The van der Waals surface area contributed by atoms with Crippen LogP contribution in [-0.2, 0) is 4.79 Å². The predicted molar refractivity (Wildman–Crippen MR) is 65.7 cm³/mol. The summed E-state index contributed by atoms with van der Waals surface area (Å²) >= 11 is 0. The number of pyridine rings is 1. The zero-order valence-electron chi connectivity index (χ0n) is 9.85. The van der Waals surface area contributed by atoms with Crippen molar-refractivity contribution in [2.75, 3.05) is 5.32 Å². The largest absolute Gasteiger partial charge is 0.504 e. The Labute approximate surface area is 101 Å². The normalized spacial score (nSPS) is 16.7. The van der Waals surface area contributed by atoms with Gasteiger partial charge in [-0.3, -0.25) is 4.79 Å². The first-order valence-electron chi connectivity index (χ1n) is 6.19. The van der Waals surface area contributed by atoms with E-state index in [1.165, 1.54) is 25.3 Å². The quantitative estimate of drug-likeness (QED) is 0.845. The van der Waals surface area contributed by atoms with Crippen LogP contribution in [0.25, 0.3) is 0 Å². The molecule has 0 atom stereocenters. The minimum atomic E-state index is -0.0501. The first-order valence-corrected chi connectivity index (χ1v) is 6.19. The molecule has 1 amide bonds. The molecule has 0 aromatic carbocycles. The molecule has 0 aliphatic heterocycles. The SMILES string of the molecule is O=C(CC1CCCCC1)Nc1ncccc1O. The van der Waals surface area contributed by atoms with Crippen molar-refractivity contribution in [3.05, 3.63) is 18.3 Å². The topological polar surface area (TPSA) is 62.2 Å². The van der Waals surface area contributed by atoms with E-state index in [0.29, 0.717) is 12.3 Å². The number of anilines is 1. The number of carbonyl (C=O) groups is 1. The van der Waals surface area contributed by atoms with E-state index in [1.807, 2.05) is 0 Å². The summed E-state index contributed by atoms with van der Waals surface area (Å²) in [6.45, 7) is 0. The highest BCUT2D eigenvalue weighted by Gasteiger charge is 2.17. The molecule has 2 N–H and O–H groups in total. The molecule has 0 spiro atoms. The molecule has 1 aliphatic carbocycles. The van der Waals surface area contributed by atoms with Gasteiger partial charge in [0.15, 0.2) is 11.6 Å². The maximum atomic E-state index is 11.8. The van der Waals surface area contributed by atoms with Crippen LogP contribution in [0.5, 0.6) is 5.75 Å². The summed E-state index contributed by atoms with van der Waals surface area (Å²) in [6, 6.07) is 3.15. The van der Waals surface area contributed by atoms with Crippen LogP contribution in [0.3, 0.4) is 0 Å². The van der Waals surface area contributed by atoms with Gasteiger partial charge in [-0.25, -0.2) is 4.98 Å². The van der Waals surface area contributed by atoms with Crippen LogP contribution in [0.15, 0.2) is 18.3 Å². The second-order valence-electron chi connectivity index (χ2n) is 4.63. The van der Waals surface area contributed by atoms with E-state index in [2.05, 4.69) is 10.3 Å². The van der Waals surface area contributed by atoms with Gasteiger partial charge in [-0.1, -0.05) is 19.3 Å². The molecule has 1 aliphatic rings. The van der Waals surface area contributed by atoms with Crippen LogP contribution in [0.4, 0.5) is 5.82 Å². The predicted octanol–water partition coefficient (Wildman–Crippen LogP) is 2.70. The molecule has 0 saturated heterocycles. The standard InChI is InChI=1S/C13H18N2O2/c16-11-7-4-8-14-13(11)15-12(17)9-10-5-2-1-3-6-10/h4,7-8,10,16H,1-3,5-6,9H2,(H,14,15,17). The summed E-state index contributed by atoms with van der Waals surface area (Å²) in [5.41, 5.74) is 0. The number of nitrogens with one attached hydrogen (secondary N) is 1. The molecule has 1 aromatic heterocycles. The van der Waals surface area contributed by atoms with Crippen LogP contribution >= 0.6 is 0 Å². The lowest BCUT2D eigenvalue weighted by Crippen LogP contribution is -2.18. The first-order chi connectivity index (χ1) is 8.25. The summed E-state index contributed by atoms with van der Waals surface area (Å²) in [5, 5.41) is 12.1. The van der Waals surface area contributed by atoms with Crippen molar-refractivity contribution in [3.63, 3.8) is 0 Å². The lowest BCUT2D eigenvalue weighted by molar-refractivity contribution is -0.117. The number of aromatic nitrogens is 1.